The molecular weight excluding hydrogens is 491 g/mol. The molecule has 0 aliphatic carbocycles. The van der Waals surface area contributed by atoms with Crippen molar-refractivity contribution >= 4 is 18.5 Å². The SMILES string of the molecule is COc1ccccc1P(c1c(OC)c(C(O)CO)cc(OC)c1-c1c(CO)cccc1CO)C(C)(C)C. The number of methoxy groups -OCH3 is 3. The number of ether oxygens (including phenoxy) is 3. The second-order valence-electron chi connectivity index (χ2n) is 9.57. The second-order valence-corrected chi connectivity index (χ2v) is 12.5. The molecule has 3 aromatic rings. The number of benzene rings is 3. The maximum atomic E-state index is 10.8. The lowest BCUT2D eigenvalue weighted by molar-refractivity contribution is 0.0933. The van der Waals surface area contributed by atoms with E-state index in [9.17, 15) is 20.4 Å². The summed E-state index contributed by atoms with van der Waals surface area (Å²) in [5.74, 6) is 1.56. The van der Waals surface area contributed by atoms with Crippen molar-refractivity contribution in [3.63, 3.8) is 0 Å². The monoisotopic (exact) mass is 528 g/mol. The standard InChI is InChI=1S/C29H37O7P/c1-29(2,3)37(24-13-8-7-12-22(24)34-4)28-26(25-18(15-30)10-9-11-19(25)16-31)23(35-5)14-20(21(33)17-32)27(28)36-6/h7-14,21,30-33H,15-17H2,1-6H3. The fourth-order valence-electron chi connectivity index (χ4n) is 4.69. The van der Waals surface area contributed by atoms with Crippen LogP contribution in [0, 0.1) is 0 Å². The van der Waals surface area contributed by atoms with Crippen LogP contribution in [0.4, 0.5) is 0 Å². The lowest BCUT2D eigenvalue weighted by Crippen LogP contribution is -2.30. The molecule has 4 N–H and O–H groups in total. The Kier molecular flexibility index (Phi) is 9.57. The third-order valence-corrected chi connectivity index (χ3v) is 9.32. The molecule has 0 aromatic heterocycles. The molecule has 2 unspecified atom stereocenters. The summed E-state index contributed by atoms with van der Waals surface area (Å²) >= 11 is 0. The highest BCUT2D eigenvalue weighted by Gasteiger charge is 2.38. The molecule has 7 nitrogen and oxygen atoms in total. The molecular formula is C29H37O7P. The molecule has 3 aromatic carbocycles. The Morgan fingerprint density at radius 2 is 1.38 bits per heavy atom. The third-order valence-electron chi connectivity index (χ3n) is 6.25. The summed E-state index contributed by atoms with van der Waals surface area (Å²) in [5.41, 5.74) is 2.93. The summed E-state index contributed by atoms with van der Waals surface area (Å²) in [6, 6.07) is 14.9. The van der Waals surface area contributed by atoms with Gasteiger partial charge in [-0.3, -0.25) is 0 Å². The summed E-state index contributed by atoms with van der Waals surface area (Å²) in [6.45, 7) is 5.37. The average molecular weight is 529 g/mol. The topological polar surface area (TPSA) is 109 Å². The van der Waals surface area contributed by atoms with Gasteiger partial charge in [-0.1, -0.05) is 57.2 Å². The summed E-state index contributed by atoms with van der Waals surface area (Å²) in [6.07, 6.45) is -1.21. The van der Waals surface area contributed by atoms with E-state index in [1.165, 1.54) is 14.2 Å². The van der Waals surface area contributed by atoms with Gasteiger partial charge in [0, 0.05) is 21.7 Å². The van der Waals surface area contributed by atoms with Crippen molar-refractivity contribution in [3.05, 3.63) is 65.2 Å². The minimum Gasteiger partial charge on any atom is -0.496 e. The largest absolute Gasteiger partial charge is 0.496 e. The number of hydrogen-bond acceptors (Lipinski definition) is 7. The molecule has 0 aliphatic rings. The van der Waals surface area contributed by atoms with Crippen molar-refractivity contribution in [2.24, 2.45) is 0 Å². The Bertz CT molecular complexity index is 1200. The maximum Gasteiger partial charge on any atom is 0.133 e. The van der Waals surface area contributed by atoms with Gasteiger partial charge in [-0.05, 0) is 41.9 Å². The molecule has 0 aliphatic heterocycles. The van der Waals surface area contributed by atoms with Gasteiger partial charge in [0.25, 0.3) is 0 Å². The molecule has 2 atom stereocenters. The van der Waals surface area contributed by atoms with Gasteiger partial charge in [-0.25, -0.2) is 0 Å². The van der Waals surface area contributed by atoms with E-state index in [0.717, 1.165) is 10.6 Å². The van der Waals surface area contributed by atoms with Crippen molar-refractivity contribution in [2.45, 2.75) is 45.2 Å². The van der Waals surface area contributed by atoms with E-state index in [-0.39, 0.29) is 18.4 Å². The lowest BCUT2D eigenvalue weighted by atomic mass is 9.92. The Hall–Kier alpha value is -2.67. The normalized spacial score (nSPS) is 13.2. The van der Waals surface area contributed by atoms with Gasteiger partial charge >= 0.3 is 0 Å². The summed E-state index contributed by atoms with van der Waals surface area (Å²) in [5, 5.41) is 42.7. The van der Waals surface area contributed by atoms with Crippen LogP contribution in [-0.2, 0) is 13.2 Å². The van der Waals surface area contributed by atoms with E-state index in [1.54, 1.807) is 19.2 Å². The molecule has 0 saturated carbocycles. The minimum atomic E-state index is -1.28. The van der Waals surface area contributed by atoms with Crippen LogP contribution < -0.4 is 24.8 Å². The van der Waals surface area contributed by atoms with Crippen LogP contribution in [0.1, 0.15) is 43.6 Å². The summed E-state index contributed by atoms with van der Waals surface area (Å²) in [7, 11) is 3.42. The predicted octanol–water partition coefficient (Wildman–Crippen LogP) is 3.62. The Morgan fingerprint density at radius 3 is 1.86 bits per heavy atom. The molecule has 0 bridgehead atoms. The van der Waals surface area contributed by atoms with Crippen molar-refractivity contribution in [3.8, 4) is 28.4 Å². The first kappa shape index (κ1) is 28.9. The summed E-state index contributed by atoms with van der Waals surface area (Å²) < 4.78 is 17.7. The van der Waals surface area contributed by atoms with E-state index >= 15 is 0 Å². The highest BCUT2D eigenvalue weighted by molar-refractivity contribution is 7.75. The zero-order valence-electron chi connectivity index (χ0n) is 22.3. The molecule has 0 amide bonds. The summed E-state index contributed by atoms with van der Waals surface area (Å²) in [4.78, 5) is 0. The van der Waals surface area contributed by atoms with E-state index in [4.69, 9.17) is 14.2 Å². The predicted molar refractivity (Wildman–Crippen MR) is 148 cm³/mol. The first-order valence-electron chi connectivity index (χ1n) is 12.0. The van der Waals surface area contributed by atoms with Crippen LogP contribution >= 0.6 is 7.92 Å². The van der Waals surface area contributed by atoms with E-state index in [2.05, 4.69) is 20.8 Å². The zero-order valence-corrected chi connectivity index (χ0v) is 23.2. The molecule has 0 radical (unpaired) electrons. The molecule has 0 saturated heterocycles. The van der Waals surface area contributed by atoms with Crippen LogP contribution in [0.5, 0.6) is 17.2 Å². The molecule has 0 spiro atoms. The molecule has 0 heterocycles. The van der Waals surface area contributed by atoms with Crippen molar-refractivity contribution in [2.75, 3.05) is 27.9 Å². The highest BCUT2D eigenvalue weighted by atomic mass is 31.1. The fourth-order valence-corrected chi connectivity index (χ4v) is 7.82. The smallest absolute Gasteiger partial charge is 0.133 e. The van der Waals surface area contributed by atoms with Gasteiger partial charge in [0.1, 0.15) is 23.4 Å². The third kappa shape index (κ3) is 5.62. The Labute approximate surface area is 220 Å². The maximum absolute atomic E-state index is 10.8. The quantitative estimate of drug-likeness (QED) is 0.298. The first-order valence-corrected chi connectivity index (χ1v) is 13.4. The Morgan fingerprint density at radius 1 is 0.784 bits per heavy atom. The minimum absolute atomic E-state index is 0.253. The molecule has 37 heavy (non-hydrogen) atoms. The van der Waals surface area contributed by atoms with E-state index < -0.39 is 20.6 Å². The van der Waals surface area contributed by atoms with Crippen LogP contribution in [0.2, 0.25) is 0 Å². The number of aliphatic hydroxyl groups excluding tert-OH is 4. The second kappa shape index (κ2) is 12.2. The van der Waals surface area contributed by atoms with Crippen LogP contribution in [0.25, 0.3) is 11.1 Å². The number of para-hydroxylation sites is 1. The van der Waals surface area contributed by atoms with E-state index in [1.807, 2.05) is 36.4 Å². The van der Waals surface area contributed by atoms with Crippen molar-refractivity contribution < 1.29 is 34.6 Å². The highest BCUT2D eigenvalue weighted by Crippen LogP contribution is 2.56. The lowest BCUT2D eigenvalue weighted by Gasteiger charge is -2.37. The first-order chi connectivity index (χ1) is 17.7. The zero-order chi connectivity index (χ0) is 27.3. The van der Waals surface area contributed by atoms with Gasteiger partial charge in [0.15, 0.2) is 0 Å². The molecule has 200 valence electrons. The number of rotatable bonds is 10. The van der Waals surface area contributed by atoms with Crippen molar-refractivity contribution in [1.29, 1.82) is 0 Å². The number of hydrogen-bond donors (Lipinski definition) is 4. The van der Waals surface area contributed by atoms with Gasteiger partial charge in [0.05, 0.1) is 41.2 Å². The fraction of sp³-hybridized carbons (Fsp3) is 0.379. The number of aliphatic hydroxyl groups is 4. The van der Waals surface area contributed by atoms with Gasteiger partial charge in [-0.2, -0.15) is 0 Å². The van der Waals surface area contributed by atoms with Crippen molar-refractivity contribution in [1.82, 2.24) is 0 Å². The van der Waals surface area contributed by atoms with Gasteiger partial charge in [-0.15, -0.1) is 0 Å². The van der Waals surface area contributed by atoms with Crippen LogP contribution in [0.3, 0.4) is 0 Å². The molecule has 3 rings (SSSR count). The average Bonchev–Trinajstić information content (AvgIpc) is 2.90. The van der Waals surface area contributed by atoms with Crippen LogP contribution in [-0.4, -0.2) is 53.5 Å². The molecule has 8 heteroatoms. The molecule has 0 fully saturated rings. The van der Waals surface area contributed by atoms with Gasteiger partial charge < -0.3 is 34.6 Å². The van der Waals surface area contributed by atoms with Gasteiger partial charge in [0.2, 0.25) is 0 Å². The Balaban J connectivity index is 2.65. The van der Waals surface area contributed by atoms with Crippen LogP contribution in [0.15, 0.2) is 48.5 Å². The van der Waals surface area contributed by atoms with E-state index in [0.29, 0.717) is 45.1 Å².